The van der Waals surface area contributed by atoms with E-state index in [0.29, 0.717) is 12.2 Å². The van der Waals surface area contributed by atoms with Crippen LogP contribution in [0.5, 0.6) is 0 Å². The summed E-state index contributed by atoms with van der Waals surface area (Å²) in [6.45, 7) is 6.03. The summed E-state index contributed by atoms with van der Waals surface area (Å²) in [6.07, 6.45) is 2.70. The fourth-order valence-electron chi connectivity index (χ4n) is 4.41. The number of likely N-dealkylation sites (tertiary alicyclic amines) is 1. The lowest BCUT2D eigenvalue weighted by Gasteiger charge is -2.26. The van der Waals surface area contributed by atoms with Gasteiger partial charge in [-0.2, -0.15) is 0 Å². The first kappa shape index (κ1) is 24.5. The van der Waals surface area contributed by atoms with Gasteiger partial charge in [-0.05, 0) is 73.8 Å². The summed E-state index contributed by atoms with van der Waals surface area (Å²) in [5.74, 6) is 0.0160. The van der Waals surface area contributed by atoms with Gasteiger partial charge in [-0.15, -0.1) is 0 Å². The highest BCUT2D eigenvalue weighted by Crippen LogP contribution is 2.21. The highest BCUT2D eigenvalue weighted by atomic mass is 16.2. The van der Waals surface area contributed by atoms with Crippen molar-refractivity contribution in [3.05, 3.63) is 84.4 Å². The molecule has 3 amide bonds. The van der Waals surface area contributed by atoms with Crippen molar-refractivity contribution in [3.63, 3.8) is 0 Å². The molecule has 6 heteroatoms. The van der Waals surface area contributed by atoms with Crippen LogP contribution in [0.2, 0.25) is 0 Å². The normalized spacial score (nSPS) is 13.4. The van der Waals surface area contributed by atoms with Gasteiger partial charge in [0.05, 0.1) is 0 Å². The summed E-state index contributed by atoms with van der Waals surface area (Å²) in [5, 5.41) is 5.66. The van der Waals surface area contributed by atoms with Gasteiger partial charge in [-0.3, -0.25) is 4.79 Å². The molecule has 1 aliphatic rings. The second kappa shape index (κ2) is 12.2. The topological polar surface area (TPSA) is 64.7 Å². The maximum Gasteiger partial charge on any atom is 0.319 e. The van der Waals surface area contributed by atoms with E-state index in [0.717, 1.165) is 42.0 Å². The number of aryl methyl sites for hydroxylation is 1. The first-order valence-corrected chi connectivity index (χ1v) is 12.4. The molecular weight excluding hydrogens is 436 g/mol. The number of rotatable bonds is 9. The Bertz CT molecular complexity index is 1110. The number of amides is 3. The van der Waals surface area contributed by atoms with Crippen molar-refractivity contribution in [2.45, 2.75) is 26.2 Å². The van der Waals surface area contributed by atoms with Crippen molar-refractivity contribution in [3.8, 4) is 11.1 Å². The number of hydrogen-bond donors (Lipinski definition) is 2. The minimum absolute atomic E-state index is 0.0160. The molecule has 0 radical (unpaired) electrons. The summed E-state index contributed by atoms with van der Waals surface area (Å²) in [7, 11) is 0. The van der Waals surface area contributed by atoms with Gasteiger partial charge in [-0.1, -0.05) is 54.6 Å². The third-order valence-corrected chi connectivity index (χ3v) is 6.33. The Hall–Kier alpha value is -3.64. The Kier molecular flexibility index (Phi) is 8.52. The van der Waals surface area contributed by atoms with Gasteiger partial charge in [0.15, 0.2) is 0 Å². The number of benzene rings is 3. The summed E-state index contributed by atoms with van der Waals surface area (Å²) >= 11 is 0. The zero-order valence-electron chi connectivity index (χ0n) is 20.4. The highest BCUT2D eigenvalue weighted by molar-refractivity contribution is 5.94. The molecule has 4 rings (SSSR count). The summed E-state index contributed by atoms with van der Waals surface area (Å²) in [5.41, 5.74) is 4.96. The Morgan fingerprint density at radius 3 is 2.31 bits per heavy atom. The summed E-state index contributed by atoms with van der Waals surface area (Å²) < 4.78 is 0. The van der Waals surface area contributed by atoms with Crippen LogP contribution >= 0.6 is 0 Å². The lowest BCUT2D eigenvalue weighted by Crippen LogP contribution is -2.40. The number of urea groups is 1. The first-order chi connectivity index (χ1) is 17.1. The van der Waals surface area contributed by atoms with Gasteiger partial charge >= 0.3 is 6.03 Å². The number of carbonyl (C=O) groups is 2. The molecule has 1 aliphatic heterocycles. The van der Waals surface area contributed by atoms with E-state index < -0.39 is 0 Å². The van der Waals surface area contributed by atoms with Crippen LogP contribution in [0.1, 0.15) is 24.8 Å². The van der Waals surface area contributed by atoms with Gasteiger partial charge in [0, 0.05) is 37.4 Å². The zero-order valence-corrected chi connectivity index (χ0v) is 20.4. The minimum atomic E-state index is -0.315. The molecule has 6 nitrogen and oxygen atoms in total. The fraction of sp³-hybridized carbons (Fsp3) is 0.310. The molecule has 2 N–H and O–H groups in total. The molecule has 1 heterocycles. The number of nitrogens with zero attached hydrogens (tertiary/aromatic N) is 2. The lowest BCUT2D eigenvalue weighted by atomic mass is 10.1. The highest BCUT2D eigenvalue weighted by Gasteiger charge is 2.19. The smallest absolute Gasteiger partial charge is 0.319 e. The maximum atomic E-state index is 13.1. The quantitative estimate of drug-likeness (QED) is 0.446. The summed E-state index contributed by atoms with van der Waals surface area (Å²) in [6, 6.07) is 25.5. The molecule has 1 fully saturated rings. The van der Waals surface area contributed by atoms with Crippen LogP contribution in [0.3, 0.4) is 0 Å². The number of nitrogens with one attached hydrogen (secondary N) is 2. The molecule has 0 aliphatic carbocycles. The predicted octanol–water partition coefficient (Wildman–Crippen LogP) is 5.30. The molecule has 0 bridgehead atoms. The third-order valence-electron chi connectivity index (χ3n) is 6.33. The van der Waals surface area contributed by atoms with E-state index in [1.54, 1.807) is 0 Å². The van der Waals surface area contributed by atoms with Crippen molar-refractivity contribution in [1.82, 2.24) is 10.2 Å². The minimum Gasteiger partial charge on any atom is -0.337 e. The maximum absolute atomic E-state index is 13.1. The van der Waals surface area contributed by atoms with Gasteiger partial charge in [0.1, 0.15) is 0 Å². The van der Waals surface area contributed by atoms with Gasteiger partial charge in [0.25, 0.3) is 0 Å². The first-order valence-electron chi connectivity index (χ1n) is 12.4. The Morgan fingerprint density at radius 1 is 0.886 bits per heavy atom. The van der Waals surface area contributed by atoms with Crippen LogP contribution in [0.4, 0.5) is 16.2 Å². The van der Waals surface area contributed by atoms with E-state index in [-0.39, 0.29) is 24.9 Å². The number of carbonyl (C=O) groups excluding carboxylic acids is 2. The standard InChI is InChI=1S/C29H34N4O2/c1-23-8-7-11-27(22-23)33(21-20-32-18-5-6-19-32)28(34)16-17-30-29(35)31-26-14-12-25(13-15-26)24-9-3-2-4-10-24/h2-4,7-15,22H,5-6,16-21H2,1H3,(H2,30,31,35). The SMILES string of the molecule is Cc1cccc(N(CCN2CCCC2)C(=O)CCNC(=O)Nc2ccc(-c3ccccc3)cc2)c1. The molecule has 0 aromatic heterocycles. The second-order valence-corrected chi connectivity index (χ2v) is 9.01. The second-order valence-electron chi connectivity index (χ2n) is 9.01. The van der Waals surface area contributed by atoms with E-state index in [1.807, 2.05) is 78.6 Å². The largest absolute Gasteiger partial charge is 0.337 e. The molecule has 3 aromatic carbocycles. The monoisotopic (exact) mass is 470 g/mol. The van der Waals surface area contributed by atoms with E-state index in [9.17, 15) is 9.59 Å². The summed E-state index contributed by atoms with van der Waals surface area (Å²) in [4.78, 5) is 29.7. The van der Waals surface area contributed by atoms with E-state index >= 15 is 0 Å². The lowest BCUT2D eigenvalue weighted by molar-refractivity contribution is -0.118. The van der Waals surface area contributed by atoms with Crippen molar-refractivity contribution in [2.75, 3.05) is 42.9 Å². The van der Waals surface area contributed by atoms with Gasteiger partial charge in [0.2, 0.25) is 5.91 Å². The Balaban J connectivity index is 1.28. The van der Waals surface area contributed by atoms with Crippen LogP contribution in [-0.4, -0.2) is 49.6 Å². The predicted molar refractivity (Wildman–Crippen MR) is 143 cm³/mol. The van der Waals surface area contributed by atoms with Crippen molar-refractivity contribution < 1.29 is 9.59 Å². The average Bonchev–Trinajstić information content (AvgIpc) is 3.39. The van der Waals surface area contributed by atoms with Crippen molar-refractivity contribution >= 4 is 23.3 Å². The molecule has 0 spiro atoms. The molecule has 35 heavy (non-hydrogen) atoms. The number of hydrogen-bond acceptors (Lipinski definition) is 3. The molecule has 1 saturated heterocycles. The molecule has 3 aromatic rings. The molecule has 0 saturated carbocycles. The average molecular weight is 471 g/mol. The van der Waals surface area contributed by atoms with Crippen LogP contribution in [0.25, 0.3) is 11.1 Å². The van der Waals surface area contributed by atoms with Gasteiger partial charge in [-0.25, -0.2) is 4.79 Å². The zero-order chi connectivity index (χ0) is 24.5. The number of anilines is 2. The van der Waals surface area contributed by atoms with Crippen LogP contribution < -0.4 is 15.5 Å². The van der Waals surface area contributed by atoms with Crippen LogP contribution in [0.15, 0.2) is 78.9 Å². The molecular formula is C29H34N4O2. The fourth-order valence-corrected chi connectivity index (χ4v) is 4.41. The molecule has 0 atom stereocenters. The van der Waals surface area contributed by atoms with E-state index in [4.69, 9.17) is 0 Å². The Labute approximate surface area is 207 Å². The van der Waals surface area contributed by atoms with E-state index in [1.165, 1.54) is 12.8 Å². The molecule has 182 valence electrons. The van der Waals surface area contributed by atoms with Crippen molar-refractivity contribution in [1.29, 1.82) is 0 Å². The Morgan fingerprint density at radius 2 is 1.60 bits per heavy atom. The third kappa shape index (κ3) is 7.17. The van der Waals surface area contributed by atoms with Crippen LogP contribution in [0, 0.1) is 6.92 Å². The molecule has 0 unspecified atom stereocenters. The van der Waals surface area contributed by atoms with E-state index in [2.05, 4.69) is 27.7 Å². The van der Waals surface area contributed by atoms with Crippen molar-refractivity contribution in [2.24, 2.45) is 0 Å². The van der Waals surface area contributed by atoms with Gasteiger partial charge < -0.3 is 20.4 Å². The van der Waals surface area contributed by atoms with Crippen LogP contribution in [-0.2, 0) is 4.79 Å².